The van der Waals surface area contributed by atoms with E-state index in [0.29, 0.717) is 42.7 Å². The molecular weight excluding hydrogens is 340 g/mol. The zero-order valence-electron chi connectivity index (χ0n) is 15.5. The number of carbonyl (C=O) groups excluding carboxylic acids is 1. The van der Waals surface area contributed by atoms with Gasteiger partial charge >= 0.3 is 0 Å². The first-order valence-electron chi connectivity index (χ1n) is 9.01. The van der Waals surface area contributed by atoms with Crippen LogP contribution in [-0.4, -0.2) is 43.2 Å². The van der Waals surface area contributed by atoms with Crippen LogP contribution < -0.4 is 15.2 Å². The monoisotopic (exact) mass is 370 g/mol. The van der Waals surface area contributed by atoms with Crippen LogP contribution in [0.1, 0.15) is 50.4 Å². The van der Waals surface area contributed by atoms with Gasteiger partial charge in [0.05, 0.1) is 13.2 Å². The Morgan fingerprint density at radius 3 is 2.68 bits per heavy atom. The third-order valence-electron chi connectivity index (χ3n) is 4.46. The van der Waals surface area contributed by atoms with Gasteiger partial charge in [0, 0.05) is 24.7 Å². The van der Waals surface area contributed by atoms with Crippen molar-refractivity contribution in [3.63, 3.8) is 0 Å². The fourth-order valence-corrected chi connectivity index (χ4v) is 3.15. The third-order valence-corrected chi connectivity index (χ3v) is 4.46. The van der Waals surface area contributed by atoms with Crippen molar-refractivity contribution in [2.75, 3.05) is 26.3 Å². The number of benzene rings is 1. The molecule has 1 heterocycles. The summed E-state index contributed by atoms with van der Waals surface area (Å²) in [5.41, 5.74) is 6.52. The number of ether oxygens (including phenoxy) is 2. The Kier molecular flexibility index (Phi) is 9.08. The van der Waals surface area contributed by atoms with Gasteiger partial charge < -0.3 is 20.1 Å². The van der Waals surface area contributed by atoms with Gasteiger partial charge in [-0.3, -0.25) is 4.79 Å². The summed E-state index contributed by atoms with van der Waals surface area (Å²) in [6.07, 6.45) is 2.92. The number of hydrogen-bond acceptors (Lipinski definition) is 4. The van der Waals surface area contributed by atoms with Crippen molar-refractivity contribution in [3.8, 4) is 11.5 Å². The molecule has 1 aliphatic rings. The van der Waals surface area contributed by atoms with Crippen LogP contribution in [0.2, 0.25) is 0 Å². The van der Waals surface area contributed by atoms with Gasteiger partial charge in [-0.1, -0.05) is 13.8 Å². The van der Waals surface area contributed by atoms with E-state index < -0.39 is 0 Å². The molecule has 0 bridgehead atoms. The van der Waals surface area contributed by atoms with Gasteiger partial charge in [0.2, 0.25) is 0 Å². The van der Waals surface area contributed by atoms with Crippen molar-refractivity contribution >= 4 is 18.3 Å². The summed E-state index contributed by atoms with van der Waals surface area (Å²) < 4.78 is 11.4. The summed E-state index contributed by atoms with van der Waals surface area (Å²) in [6.45, 7) is 8.64. The summed E-state index contributed by atoms with van der Waals surface area (Å²) in [7, 11) is 0. The number of likely N-dealkylation sites (tertiary alicyclic amines) is 1. The molecule has 0 radical (unpaired) electrons. The van der Waals surface area contributed by atoms with E-state index in [1.54, 1.807) is 6.07 Å². The second kappa shape index (κ2) is 10.5. The standard InChI is InChI=1S/C19H30N2O3.ClH/c1-4-10-24-17-7-6-15(12-18(17)23-5-2)19(22)21-9-8-14(3)11-16(21)13-20;/h6-7,12,14,16H,4-5,8-11,13,20H2,1-3H3;1H. The lowest BCUT2D eigenvalue weighted by Gasteiger charge is -2.38. The maximum atomic E-state index is 12.9. The van der Waals surface area contributed by atoms with E-state index in [9.17, 15) is 4.79 Å². The van der Waals surface area contributed by atoms with E-state index in [1.807, 2.05) is 24.0 Å². The Labute approximate surface area is 157 Å². The molecule has 142 valence electrons. The highest BCUT2D eigenvalue weighted by molar-refractivity contribution is 5.95. The molecule has 2 rings (SSSR count). The number of piperidine rings is 1. The molecule has 0 aromatic heterocycles. The van der Waals surface area contributed by atoms with Gasteiger partial charge in [-0.25, -0.2) is 0 Å². The van der Waals surface area contributed by atoms with Crippen LogP contribution in [0, 0.1) is 5.92 Å². The highest BCUT2D eigenvalue weighted by atomic mass is 35.5. The summed E-state index contributed by atoms with van der Waals surface area (Å²) in [5, 5.41) is 0. The quantitative estimate of drug-likeness (QED) is 0.797. The minimum Gasteiger partial charge on any atom is -0.490 e. The smallest absolute Gasteiger partial charge is 0.254 e. The summed E-state index contributed by atoms with van der Waals surface area (Å²) in [6, 6.07) is 5.56. The highest BCUT2D eigenvalue weighted by Gasteiger charge is 2.29. The number of nitrogens with two attached hydrogens (primary N) is 1. The van der Waals surface area contributed by atoms with E-state index in [0.717, 1.165) is 25.8 Å². The highest BCUT2D eigenvalue weighted by Crippen LogP contribution is 2.30. The van der Waals surface area contributed by atoms with Crippen LogP contribution >= 0.6 is 12.4 Å². The minimum absolute atomic E-state index is 0. The van der Waals surface area contributed by atoms with Crippen LogP contribution in [0.4, 0.5) is 0 Å². The second-order valence-corrected chi connectivity index (χ2v) is 6.46. The molecule has 0 spiro atoms. The molecule has 0 saturated carbocycles. The number of carbonyl (C=O) groups is 1. The van der Waals surface area contributed by atoms with Crippen LogP contribution in [0.3, 0.4) is 0 Å². The number of amides is 1. The predicted octanol–water partition coefficient (Wildman–Crippen LogP) is 3.50. The Morgan fingerprint density at radius 1 is 1.28 bits per heavy atom. The molecule has 0 aliphatic carbocycles. The van der Waals surface area contributed by atoms with Crippen molar-refractivity contribution in [2.24, 2.45) is 11.7 Å². The molecule has 1 aliphatic heterocycles. The van der Waals surface area contributed by atoms with Crippen LogP contribution in [0.25, 0.3) is 0 Å². The Bertz CT molecular complexity index is 553. The zero-order valence-corrected chi connectivity index (χ0v) is 16.3. The van der Waals surface area contributed by atoms with E-state index in [4.69, 9.17) is 15.2 Å². The van der Waals surface area contributed by atoms with Crippen molar-refractivity contribution in [1.29, 1.82) is 0 Å². The molecule has 1 aromatic carbocycles. The molecular formula is C19H31ClN2O3. The first kappa shape index (κ1) is 21.6. The van der Waals surface area contributed by atoms with Gasteiger partial charge in [-0.2, -0.15) is 0 Å². The molecule has 2 unspecified atom stereocenters. The lowest BCUT2D eigenvalue weighted by Crippen LogP contribution is -2.49. The summed E-state index contributed by atoms with van der Waals surface area (Å²) >= 11 is 0. The summed E-state index contributed by atoms with van der Waals surface area (Å²) in [5.74, 6) is 1.97. The van der Waals surface area contributed by atoms with Gasteiger partial charge in [0.15, 0.2) is 11.5 Å². The fraction of sp³-hybridized carbons (Fsp3) is 0.632. The number of nitrogens with zero attached hydrogens (tertiary/aromatic N) is 1. The van der Waals surface area contributed by atoms with Crippen LogP contribution in [-0.2, 0) is 0 Å². The molecule has 1 saturated heterocycles. The zero-order chi connectivity index (χ0) is 17.5. The van der Waals surface area contributed by atoms with E-state index in [-0.39, 0.29) is 24.4 Å². The van der Waals surface area contributed by atoms with Gasteiger partial charge in [-0.15, -0.1) is 12.4 Å². The largest absolute Gasteiger partial charge is 0.490 e. The second-order valence-electron chi connectivity index (χ2n) is 6.46. The molecule has 2 N–H and O–H groups in total. The maximum Gasteiger partial charge on any atom is 0.254 e. The van der Waals surface area contributed by atoms with Crippen molar-refractivity contribution in [3.05, 3.63) is 23.8 Å². The average molecular weight is 371 g/mol. The minimum atomic E-state index is 0. The Balaban J connectivity index is 0.00000312. The average Bonchev–Trinajstić information content (AvgIpc) is 2.60. The third kappa shape index (κ3) is 5.51. The van der Waals surface area contributed by atoms with Gasteiger partial charge in [0.1, 0.15) is 0 Å². The van der Waals surface area contributed by atoms with Crippen LogP contribution in [0.15, 0.2) is 18.2 Å². The first-order valence-corrected chi connectivity index (χ1v) is 9.01. The number of halogens is 1. The van der Waals surface area contributed by atoms with Gasteiger partial charge in [0.25, 0.3) is 5.91 Å². The first-order chi connectivity index (χ1) is 11.6. The van der Waals surface area contributed by atoms with E-state index >= 15 is 0 Å². The molecule has 1 amide bonds. The molecule has 1 aromatic rings. The molecule has 2 atom stereocenters. The normalized spacial score (nSPS) is 19.9. The SMILES string of the molecule is CCCOc1ccc(C(=O)N2CCC(C)CC2CN)cc1OCC.Cl. The van der Waals surface area contributed by atoms with Crippen molar-refractivity contribution in [1.82, 2.24) is 4.90 Å². The van der Waals surface area contributed by atoms with E-state index in [1.165, 1.54) is 0 Å². The Morgan fingerprint density at radius 2 is 2.04 bits per heavy atom. The lowest BCUT2D eigenvalue weighted by molar-refractivity contribution is 0.0573. The molecule has 25 heavy (non-hydrogen) atoms. The van der Waals surface area contributed by atoms with Crippen molar-refractivity contribution in [2.45, 2.75) is 46.1 Å². The topological polar surface area (TPSA) is 64.8 Å². The predicted molar refractivity (Wildman–Crippen MR) is 103 cm³/mol. The van der Waals surface area contributed by atoms with Crippen molar-refractivity contribution < 1.29 is 14.3 Å². The fourth-order valence-electron chi connectivity index (χ4n) is 3.15. The molecule has 1 fully saturated rings. The van der Waals surface area contributed by atoms with Gasteiger partial charge in [-0.05, 0) is 50.3 Å². The summed E-state index contributed by atoms with van der Waals surface area (Å²) in [4.78, 5) is 14.8. The van der Waals surface area contributed by atoms with Crippen LogP contribution in [0.5, 0.6) is 11.5 Å². The number of hydrogen-bond donors (Lipinski definition) is 1. The Hall–Kier alpha value is -1.46. The number of rotatable bonds is 7. The molecule has 5 nitrogen and oxygen atoms in total. The van der Waals surface area contributed by atoms with E-state index in [2.05, 4.69) is 13.8 Å². The maximum absolute atomic E-state index is 12.9. The molecule has 6 heteroatoms. The lowest BCUT2D eigenvalue weighted by atomic mass is 9.92.